The van der Waals surface area contributed by atoms with E-state index in [1.54, 1.807) is 0 Å². The minimum absolute atomic E-state index is 0.0260. The second kappa shape index (κ2) is 7.72. The lowest BCUT2D eigenvalue weighted by Gasteiger charge is -2.21. The highest BCUT2D eigenvalue weighted by molar-refractivity contribution is 7.89. The quantitative estimate of drug-likeness (QED) is 0.619. The summed E-state index contributed by atoms with van der Waals surface area (Å²) in [7, 11) is -2.06. The van der Waals surface area contributed by atoms with Crippen LogP contribution in [0.3, 0.4) is 0 Å². The van der Waals surface area contributed by atoms with Crippen molar-refractivity contribution in [3.05, 3.63) is 58.1 Å². The van der Waals surface area contributed by atoms with Crippen molar-refractivity contribution in [2.75, 3.05) is 6.54 Å². The van der Waals surface area contributed by atoms with E-state index in [1.807, 2.05) is 25.5 Å². The second-order valence-corrected chi connectivity index (χ2v) is 10.4. The molecule has 0 N–H and O–H groups in total. The largest absolute Gasteiger partial charge is 0.319 e. The molecule has 0 aliphatic carbocycles. The Bertz CT molecular complexity index is 1310. The molecular formula is C21H22FN3O3S2. The van der Waals surface area contributed by atoms with Gasteiger partial charge < -0.3 is 4.57 Å². The Morgan fingerprint density at radius 2 is 1.83 bits per heavy atom. The molecule has 1 unspecified atom stereocenters. The fourth-order valence-electron chi connectivity index (χ4n) is 3.67. The van der Waals surface area contributed by atoms with Gasteiger partial charge in [-0.15, -0.1) is 0 Å². The van der Waals surface area contributed by atoms with Gasteiger partial charge >= 0.3 is 0 Å². The molecule has 2 heterocycles. The van der Waals surface area contributed by atoms with Crippen LogP contribution in [0.15, 0.2) is 46.3 Å². The van der Waals surface area contributed by atoms with Crippen molar-refractivity contribution in [3.8, 4) is 0 Å². The molecule has 3 aromatic rings. The zero-order chi connectivity index (χ0) is 21.6. The van der Waals surface area contributed by atoms with Crippen molar-refractivity contribution in [2.45, 2.75) is 37.6 Å². The SMILES string of the molecule is Cc1cc2sc(=NC(=O)C3CCCN3S(=O)(=O)c3ccc(F)cc3)n(C)c2cc1C. The number of fused-ring (bicyclic) bond motifs is 1. The number of halogens is 1. The maximum absolute atomic E-state index is 13.2. The minimum Gasteiger partial charge on any atom is -0.319 e. The van der Waals surface area contributed by atoms with Crippen LogP contribution in [0.1, 0.15) is 24.0 Å². The van der Waals surface area contributed by atoms with E-state index in [0.717, 1.165) is 33.5 Å². The molecule has 0 saturated carbocycles. The number of aryl methyl sites for hydroxylation is 3. The summed E-state index contributed by atoms with van der Waals surface area (Å²) >= 11 is 1.41. The lowest BCUT2D eigenvalue weighted by molar-refractivity contribution is -0.121. The summed E-state index contributed by atoms with van der Waals surface area (Å²) in [6.07, 6.45) is 0.985. The van der Waals surface area contributed by atoms with E-state index >= 15 is 0 Å². The average Bonchev–Trinajstić information content (AvgIpc) is 3.30. The van der Waals surface area contributed by atoms with Crippen LogP contribution >= 0.6 is 11.3 Å². The van der Waals surface area contributed by atoms with Crippen LogP contribution in [0.5, 0.6) is 0 Å². The predicted octanol–water partition coefficient (Wildman–Crippen LogP) is 3.28. The Morgan fingerprint density at radius 3 is 2.53 bits per heavy atom. The number of thiazole rings is 1. The maximum atomic E-state index is 13.2. The molecule has 4 rings (SSSR count). The summed E-state index contributed by atoms with van der Waals surface area (Å²) in [4.78, 5) is 17.8. The highest BCUT2D eigenvalue weighted by atomic mass is 32.2. The van der Waals surface area contributed by atoms with E-state index in [0.29, 0.717) is 17.6 Å². The number of carbonyl (C=O) groups is 1. The van der Waals surface area contributed by atoms with Gasteiger partial charge in [0.2, 0.25) is 10.0 Å². The van der Waals surface area contributed by atoms with Crippen molar-refractivity contribution < 1.29 is 17.6 Å². The van der Waals surface area contributed by atoms with Crippen LogP contribution in [0, 0.1) is 19.7 Å². The normalized spacial score (nSPS) is 18.4. The molecule has 1 amide bonds. The Balaban J connectivity index is 1.70. The van der Waals surface area contributed by atoms with Gasteiger partial charge in [0.15, 0.2) is 4.80 Å². The molecular weight excluding hydrogens is 425 g/mol. The third-order valence-electron chi connectivity index (χ3n) is 5.54. The summed E-state index contributed by atoms with van der Waals surface area (Å²) in [5.41, 5.74) is 3.30. The monoisotopic (exact) mass is 447 g/mol. The third-order valence-corrected chi connectivity index (χ3v) is 8.56. The molecule has 158 valence electrons. The van der Waals surface area contributed by atoms with Crippen LogP contribution in [-0.2, 0) is 21.9 Å². The predicted molar refractivity (Wildman–Crippen MR) is 114 cm³/mol. The fraction of sp³-hybridized carbons (Fsp3) is 0.333. The zero-order valence-electron chi connectivity index (χ0n) is 16.9. The lowest BCUT2D eigenvalue weighted by Crippen LogP contribution is -2.40. The molecule has 0 spiro atoms. The number of nitrogens with zero attached hydrogens (tertiary/aromatic N) is 3. The number of aromatic nitrogens is 1. The molecule has 6 nitrogen and oxygen atoms in total. The highest BCUT2D eigenvalue weighted by Crippen LogP contribution is 2.27. The summed E-state index contributed by atoms with van der Waals surface area (Å²) in [5.74, 6) is -0.991. The Morgan fingerprint density at radius 1 is 1.17 bits per heavy atom. The first-order valence-corrected chi connectivity index (χ1v) is 11.9. The summed E-state index contributed by atoms with van der Waals surface area (Å²) in [6.45, 7) is 4.31. The van der Waals surface area contributed by atoms with Gasteiger partial charge in [0.25, 0.3) is 5.91 Å². The number of benzene rings is 2. The van der Waals surface area contributed by atoms with Gasteiger partial charge in [-0.25, -0.2) is 12.8 Å². The van der Waals surface area contributed by atoms with Gasteiger partial charge in [0.1, 0.15) is 11.9 Å². The van der Waals surface area contributed by atoms with Crippen LogP contribution < -0.4 is 4.80 Å². The number of hydrogen-bond acceptors (Lipinski definition) is 4. The van der Waals surface area contributed by atoms with Crippen molar-refractivity contribution in [3.63, 3.8) is 0 Å². The molecule has 1 aliphatic heterocycles. The van der Waals surface area contributed by atoms with Gasteiger partial charge in [0, 0.05) is 13.6 Å². The summed E-state index contributed by atoms with van der Waals surface area (Å²) in [5, 5.41) is 0. The van der Waals surface area contributed by atoms with Crippen LogP contribution in [-0.4, -0.2) is 35.8 Å². The minimum atomic E-state index is -3.91. The van der Waals surface area contributed by atoms with E-state index in [4.69, 9.17) is 0 Å². The van der Waals surface area contributed by atoms with Crippen molar-refractivity contribution in [2.24, 2.45) is 12.0 Å². The van der Waals surface area contributed by atoms with Crippen LogP contribution in [0.25, 0.3) is 10.2 Å². The van der Waals surface area contributed by atoms with E-state index in [2.05, 4.69) is 17.1 Å². The number of rotatable bonds is 3. The lowest BCUT2D eigenvalue weighted by atomic mass is 10.1. The van der Waals surface area contributed by atoms with E-state index in [1.165, 1.54) is 27.8 Å². The van der Waals surface area contributed by atoms with Crippen molar-refractivity contribution >= 4 is 37.5 Å². The maximum Gasteiger partial charge on any atom is 0.266 e. The van der Waals surface area contributed by atoms with Gasteiger partial charge in [-0.2, -0.15) is 9.30 Å². The molecule has 30 heavy (non-hydrogen) atoms. The van der Waals surface area contributed by atoms with E-state index in [-0.39, 0.29) is 11.4 Å². The first-order chi connectivity index (χ1) is 14.2. The smallest absolute Gasteiger partial charge is 0.266 e. The standard InChI is InChI=1S/C21H22FN3O3S2/c1-13-11-18-19(12-14(13)2)29-21(24(18)3)23-20(26)17-5-4-10-25(17)30(27,28)16-8-6-15(22)7-9-16/h6-9,11-12,17H,4-5,10H2,1-3H3. The Labute approximate surface area is 178 Å². The molecule has 0 radical (unpaired) electrons. The number of amides is 1. The molecule has 2 aromatic carbocycles. The molecule has 1 aliphatic rings. The third kappa shape index (κ3) is 3.61. The topological polar surface area (TPSA) is 71.7 Å². The molecule has 9 heteroatoms. The van der Waals surface area contributed by atoms with Gasteiger partial charge in [-0.3, -0.25) is 4.79 Å². The molecule has 1 aromatic heterocycles. The molecule has 1 atom stereocenters. The van der Waals surface area contributed by atoms with Crippen LogP contribution in [0.4, 0.5) is 4.39 Å². The Kier molecular flexibility index (Phi) is 5.37. The molecule has 1 saturated heterocycles. The van der Waals surface area contributed by atoms with Gasteiger partial charge in [0.05, 0.1) is 15.1 Å². The first-order valence-electron chi connectivity index (χ1n) is 9.61. The second-order valence-electron chi connectivity index (χ2n) is 7.53. The van der Waals surface area contributed by atoms with Gasteiger partial charge in [-0.05, 0) is 74.2 Å². The van der Waals surface area contributed by atoms with Gasteiger partial charge in [-0.1, -0.05) is 11.3 Å². The van der Waals surface area contributed by atoms with E-state index in [9.17, 15) is 17.6 Å². The zero-order valence-corrected chi connectivity index (χ0v) is 18.6. The highest BCUT2D eigenvalue weighted by Gasteiger charge is 2.39. The fourth-order valence-corrected chi connectivity index (χ4v) is 6.43. The average molecular weight is 448 g/mol. The Hall–Kier alpha value is -2.36. The summed E-state index contributed by atoms with van der Waals surface area (Å²) < 4.78 is 43.3. The van der Waals surface area contributed by atoms with E-state index < -0.39 is 27.8 Å². The van der Waals surface area contributed by atoms with Crippen LogP contribution in [0.2, 0.25) is 0 Å². The van der Waals surface area contributed by atoms with Crippen molar-refractivity contribution in [1.82, 2.24) is 8.87 Å². The number of hydrogen-bond donors (Lipinski definition) is 0. The molecule has 1 fully saturated rings. The van der Waals surface area contributed by atoms with Crippen molar-refractivity contribution in [1.29, 1.82) is 0 Å². The number of carbonyl (C=O) groups excluding carboxylic acids is 1. The first kappa shape index (κ1) is 20.9. The summed E-state index contributed by atoms with van der Waals surface area (Å²) in [6, 6.07) is 7.92. The molecule has 0 bridgehead atoms. The number of sulfonamides is 1.